The molecule has 2 atom stereocenters. The Morgan fingerprint density at radius 1 is 1.15 bits per heavy atom. The highest BCUT2D eigenvalue weighted by Crippen LogP contribution is 2.47. The molecule has 3 amide bonds. The molecule has 170 valence electrons. The molecule has 2 aromatic carbocycles. The van der Waals surface area contributed by atoms with Crippen LogP contribution in [-0.2, 0) is 4.79 Å². The van der Waals surface area contributed by atoms with Gasteiger partial charge in [-0.15, -0.1) is 11.8 Å². The van der Waals surface area contributed by atoms with Crippen molar-refractivity contribution in [2.75, 3.05) is 11.4 Å². The van der Waals surface area contributed by atoms with Crippen LogP contribution in [0.25, 0.3) is 15.7 Å². The zero-order valence-corrected chi connectivity index (χ0v) is 19.0. The van der Waals surface area contributed by atoms with Crippen LogP contribution in [0.4, 0.5) is 19.3 Å². The summed E-state index contributed by atoms with van der Waals surface area (Å²) in [4.78, 5) is 34.4. The lowest BCUT2D eigenvalue weighted by molar-refractivity contribution is -0.119. The minimum Gasteiger partial charge on any atom is -0.315 e. The Bertz CT molecular complexity index is 1420. The van der Waals surface area contributed by atoms with E-state index in [-0.39, 0.29) is 23.6 Å². The van der Waals surface area contributed by atoms with Gasteiger partial charge in [-0.25, -0.2) is 18.5 Å². The van der Waals surface area contributed by atoms with Crippen molar-refractivity contribution >= 4 is 56.7 Å². The number of halogens is 3. The van der Waals surface area contributed by atoms with Crippen molar-refractivity contribution in [2.45, 2.75) is 17.7 Å². The van der Waals surface area contributed by atoms with Gasteiger partial charge in [0.1, 0.15) is 5.25 Å². The smallest absolute Gasteiger partial charge is 0.315 e. The van der Waals surface area contributed by atoms with Crippen molar-refractivity contribution in [1.29, 1.82) is 5.26 Å². The van der Waals surface area contributed by atoms with Crippen LogP contribution in [0.15, 0.2) is 54.9 Å². The molecule has 6 nitrogen and oxygen atoms in total. The van der Waals surface area contributed by atoms with E-state index in [1.807, 2.05) is 18.2 Å². The number of imide groups is 1. The summed E-state index contributed by atoms with van der Waals surface area (Å²) >= 11 is 7.29. The summed E-state index contributed by atoms with van der Waals surface area (Å²) in [5, 5.41) is 9.81. The average molecular weight is 497 g/mol. The second-order valence-corrected chi connectivity index (χ2v) is 9.33. The van der Waals surface area contributed by atoms with E-state index in [1.54, 1.807) is 24.4 Å². The maximum Gasteiger partial charge on any atom is 0.332 e. The monoisotopic (exact) mass is 496 g/mol. The summed E-state index contributed by atoms with van der Waals surface area (Å²) in [5.41, 5.74) is 0.576. The summed E-state index contributed by atoms with van der Waals surface area (Å²) in [6.45, 7) is 0.0916. The standard InChI is InChI=1S/C24H15ClF2N4O2S/c25-16-9-18(27)17(26)8-15(16)21-10-19-22(34-21)23(32)31(24(33)30(19)7-3-6-28)20-12-29-11-13-4-1-2-5-14(13)20/h1-2,4-5,8-12,19,22H,3,7H2. The summed E-state index contributed by atoms with van der Waals surface area (Å²) in [7, 11) is 0. The highest BCUT2D eigenvalue weighted by molar-refractivity contribution is 8.09. The van der Waals surface area contributed by atoms with Gasteiger partial charge in [-0.3, -0.25) is 9.78 Å². The zero-order valence-electron chi connectivity index (χ0n) is 17.4. The molecule has 5 rings (SSSR count). The predicted octanol–water partition coefficient (Wildman–Crippen LogP) is 5.37. The van der Waals surface area contributed by atoms with Gasteiger partial charge in [0.15, 0.2) is 11.6 Å². The Morgan fingerprint density at radius 2 is 1.91 bits per heavy atom. The third kappa shape index (κ3) is 3.59. The molecule has 0 radical (unpaired) electrons. The minimum absolute atomic E-state index is 0.00578. The topological polar surface area (TPSA) is 77.3 Å². The quantitative estimate of drug-likeness (QED) is 0.453. The number of anilines is 1. The Balaban J connectivity index is 1.59. The molecule has 2 aliphatic heterocycles. The van der Waals surface area contributed by atoms with E-state index >= 15 is 0 Å². The lowest BCUT2D eigenvalue weighted by atomic mass is 10.0. The first-order valence-corrected chi connectivity index (χ1v) is 11.5. The largest absolute Gasteiger partial charge is 0.332 e. The second kappa shape index (κ2) is 8.70. The molecule has 34 heavy (non-hydrogen) atoms. The second-order valence-electron chi connectivity index (χ2n) is 7.74. The highest BCUT2D eigenvalue weighted by Gasteiger charge is 2.50. The third-order valence-electron chi connectivity index (χ3n) is 5.77. The number of aromatic nitrogens is 1. The Labute approximate surface area is 202 Å². The Morgan fingerprint density at radius 3 is 2.71 bits per heavy atom. The molecule has 3 aromatic rings. The number of pyridine rings is 1. The van der Waals surface area contributed by atoms with Gasteiger partial charge in [-0.2, -0.15) is 5.26 Å². The highest BCUT2D eigenvalue weighted by atomic mass is 35.5. The maximum atomic E-state index is 13.9. The van der Waals surface area contributed by atoms with E-state index in [9.17, 15) is 18.4 Å². The van der Waals surface area contributed by atoms with Crippen molar-refractivity contribution in [3.63, 3.8) is 0 Å². The van der Waals surface area contributed by atoms with Gasteiger partial charge in [-0.1, -0.05) is 35.9 Å². The van der Waals surface area contributed by atoms with Gasteiger partial charge in [0.2, 0.25) is 0 Å². The summed E-state index contributed by atoms with van der Waals surface area (Å²) in [5.74, 6) is -2.61. The number of rotatable bonds is 4. The summed E-state index contributed by atoms with van der Waals surface area (Å²) in [6, 6.07) is 9.90. The van der Waals surface area contributed by atoms with Crippen molar-refractivity contribution in [1.82, 2.24) is 9.88 Å². The Kier molecular flexibility index (Phi) is 5.71. The van der Waals surface area contributed by atoms with E-state index in [1.165, 1.54) is 11.1 Å². The predicted molar refractivity (Wildman–Crippen MR) is 126 cm³/mol. The number of thioether (sulfide) groups is 1. The van der Waals surface area contributed by atoms with Gasteiger partial charge in [0.25, 0.3) is 5.91 Å². The molecule has 0 saturated carbocycles. The molecule has 1 saturated heterocycles. The Hall–Kier alpha value is -3.48. The number of nitriles is 1. The zero-order chi connectivity index (χ0) is 24.0. The number of carbonyl (C=O) groups is 2. The van der Waals surface area contributed by atoms with E-state index < -0.39 is 34.9 Å². The van der Waals surface area contributed by atoms with Gasteiger partial charge >= 0.3 is 6.03 Å². The number of nitrogens with zero attached hydrogens (tertiary/aromatic N) is 4. The van der Waals surface area contributed by atoms with Crippen LogP contribution in [0.3, 0.4) is 0 Å². The van der Waals surface area contributed by atoms with E-state index in [4.69, 9.17) is 16.9 Å². The SMILES string of the molecule is N#CCCN1C(=O)N(c2cncc3ccccc23)C(=O)C2SC(c3cc(F)c(F)cc3Cl)=CC21. The maximum absolute atomic E-state index is 13.9. The van der Waals surface area contributed by atoms with Crippen LogP contribution in [0, 0.1) is 23.0 Å². The number of benzene rings is 2. The average Bonchev–Trinajstić information content (AvgIpc) is 3.27. The molecule has 0 aliphatic carbocycles. The van der Waals surface area contributed by atoms with E-state index in [0.29, 0.717) is 16.0 Å². The van der Waals surface area contributed by atoms with Gasteiger partial charge in [-0.05, 0) is 18.2 Å². The number of hydrogen-bond donors (Lipinski definition) is 0. The van der Waals surface area contributed by atoms with Gasteiger partial charge in [0.05, 0.1) is 35.4 Å². The van der Waals surface area contributed by atoms with Crippen molar-refractivity contribution in [3.05, 3.63) is 77.1 Å². The van der Waals surface area contributed by atoms with Crippen LogP contribution in [0.1, 0.15) is 12.0 Å². The minimum atomic E-state index is -1.08. The lowest BCUT2D eigenvalue weighted by Crippen LogP contribution is -2.62. The molecule has 10 heteroatoms. The van der Waals surface area contributed by atoms with Crippen LogP contribution >= 0.6 is 23.4 Å². The number of carbonyl (C=O) groups excluding carboxylic acids is 2. The number of urea groups is 1. The fourth-order valence-electron chi connectivity index (χ4n) is 4.20. The van der Waals surface area contributed by atoms with Crippen molar-refractivity contribution in [3.8, 4) is 6.07 Å². The molecular weight excluding hydrogens is 482 g/mol. The van der Waals surface area contributed by atoms with Gasteiger partial charge < -0.3 is 4.90 Å². The molecule has 2 aliphatic rings. The lowest BCUT2D eigenvalue weighted by Gasteiger charge is -2.41. The van der Waals surface area contributed by atoms with Crippen molar-refractivity contribution in [2.24, 2.45) is 0 Å². The van der Waals surface area contributed by atoms with E-state index in [2.05, 4.69) is 4.98 Å². The van der Waals surface area contributed by atoms with Crippen LogP contribution in [0.2, 0.25) is 5.02 Å². The van der Waals surface area contributed by atoms with Gasteiger partial charge in [0, 0.05) is 34.0 Å². The molecule has 0 N–H and O–H groups in total. The third-order valence-corrected chi connectivity index (χ3v) is 7.43. The van der Waals surface area contributed by atoms with E-state index in [0.717, 1.165) is 34.2 Å². The first kappa shape index (κ1) is 22.3. The number of fused-ring (bicyclic) bond motifs is 2. The van der Waals surface area contributed by atoms with Crippen LogP contribution in [0.5, 0.6) is 0 Å². The molecular formula is C24H15ClF2N4O2S. The molecule has 0 spiro atoms. The first-order chi connectivity index (χ1) is 16.4. The van der Waals surface area contributed by atoms with Crippen molar-refractivity contribution < 1.29 is 18.4 Å². The molecule has 3 heterocycles. The molecule has 0 bridgehead atoms. The van der Waals surface area contributed by atoms with Crippen LogP contribution < -0.4 is 4.90 Å². The first-order valence-electron chi connectivity index (χ1n) is 10.3. The fourth-order valence-corrected chi connectivity index (χ4v) is 5.86. The fraction of sp³-hybridized carbons (Fsp3) is 0.167. The number of hydrogen-bond acceptors (Lipinski definition) is 5. The molecule has 1 aromatic heterocycles. The number of amides is 3. The normalized spacial score (nSPS) is 19.9. The summed E-state index contributed by atoms with van der Waals surface area (Å²) in [6.07, 6.45) is 4.81. The van der Waals surface area contributed by atoms with Crippen LogP contribution in [-0.4, -0.2) is 39.7 Å². The molecule has 2 unspecified atom stereocenters. The summed E-state index contributed by atoms with van der Waals surface area (Å²) < 4.78 is 27.5. The molecule has 1 fully saturated rings.